The lowest BCUT2D eigenvalue weighted by molar-refractivity contribution is 0.0714. The van der Waals surface area contributed by atoms with Crippen LogP contribution in [0.1, 0.15) is 21.7 Å². The highest BCUT2D eigenvalue weighted by Gasteiger charge is 2.27. The van der Waals surface area contributed by atoms with Crippen LogP contribution >= 0.6 is 22.9 Å². The normalized spacial score (nSPS) is 14.4. The second-order valence-electron chi connectivity index (χ2n) is 7.70. The molecule has 5 rings (SSSR count). The van der Waals surface area contributed by atoms with Crippen LogP contribution in [0.15, 0.2) is 46.4 Å². The van der Waals surface area contributed by atoms with Crippen molar-refractivity contribution in [2.75, 3.05) is 31.1 Å². The lowest BCUT2D eigenvalue weighted by Gasteiger charge is -2.35. The minimum Gasteiger partial charge on any atom is -0.459 e. The minimum atomic E-state index is -0.0816. The van der Waals surface area contributed by atoms with Gasteiger partial charge < -0.3 is 14.2 Å². The Bertz CT molecular complexity index is 1260. The van der Waals surface area contributed by atoms with Crippen LogP contribution in [-0.4, -0.2) is 47.0 Å². The van der Waals surface area contributed by atoms with Crippen LogP contribution < -0.4 is 4.90 Å². The van der Waals surface area contributed by atoms with Crippen LogP contribution in [0.3, 0.4) is 0 Å². The average Bonchev–Trinajstić information content (AvgIpc) is 3.45. The van der Waals surface area contributed by atoms with Crippen LogP contribution in [0.25, 0.3) is 21.3 Å². The van der Waals surface area contributed by atoms with E-state index in [9.17, 15) is 4.79 Å². The Morgan fingerprint density at radius 3 is 2.61 bits per heavy atom. The van der Waals surface area contributed by atoms with Crippen molar-refractivity contribution in [3.05, 3.63) is 64.1 Å². The fourth-order valence-corrected chi connectivity index (χ4v) is 5.08. The topological polar surface area (TPSA) is 62.5 Å². The summed E-state index contributed by atoms with van der Waals surface area (Å²) in [7, 11) is 0. The van der Waals surface area contributed by atoms with Gasteiger partial charge in [-0.05, 0) is 54.3 Å². The van der Waals surface area contributed by atoms with E-state index in [0.29, 0.717) is 31.9 Å². The third-order valence-corrected chi connectivity index (χ3v) is 6.84. The highest BCUT2D eigenvalue weighted by atomic mass is 35.5. The molecule has 8 heteroatoms. The zero-order valence-electron chi connectivity index (χ0n) is 17.3. The number of halogens is 1. The summed E-state index contributed by atoms with van der Waals surface area (Å²) in [5.41, 5.74) is 4.77. The molecule has 0 atom stereocenters. The van der Waals surface area contributed by atoms with E-state index >= 15 is 0 Å². The van der Waals surface area contributed by atoms with E-state index in [2.05, 4.69) is 52.3 Å². The Labute approximate surface area is 189 Å². The molecule has 1 aliphatic rings. The van der Waals surface area contributed by atoms with Crippen molar-refractivity contribution in [1.29, 1.82) is 0 Å². The maximum absolute atomic E-state index is 12.6. The molecule has 0 unspecified atom stereocenters. The molecular formula is C23H21ClN4O2S. The summed E-state index contributed by atoms with van der Waals surface area (Å²) < 4.78 is 5.26. The van der Waals surface area contributed by atoms with Gasteiger partial charge in [0.05, 0.1) is 11.6 Å². The molecule has 0 aliphatic carbocycles. The van der Waals surface area contributed by atoms with Crippen molar-refractivity contribution < 1.29 is 9.21 Å². The first-order valence-corrected chi connectivity index (χ1v) is 11.4. The lowest BCUT2D eigenvalue weighted by atomic mass is 10.0. The first-order valence-electron chi connectivity index (χ1n) is 10.1. The molecule has 0 bridgehead atoms. The van der Waals surface area contributed by atoms with E-state index in [1.54, 1.807) is 23.5 Å². The molecule has 158 valence electrons. The SMILES string of the molecule is Cc1ccc(-c2csc3nc(Cl)nc(N4CCN(C(=O)c5ccco5)CC4)c23)cc1C. The summed E-state index contributed by atoms with van der Waals surface area (Å²) in [5, 5.41) is 3.38. The molecule has 1 aromatic carbocycles. The fourth-order valence-electron chi connectivity index (χ4n) is 3.93. The third-order valence-electron chi connectivity index (χ3n) is 5.80. The lowest BCUT2D eigenvalue weighted by Crippen LogP contribution is -2.49. The van der Waals surface area contributed by atoms with Gasteiger partial charge in [0.15, 0.2) is 5.76 Å². The number of hydrogen-bond donors (Lipinski definition) is 0. The molecule has 4 aromatic rings. The monoisotopic (exact) mass is 452 g/mol. The number of rotatable bonds is 3. The van der Waals surface area contributed by atoms with Crippen LogP contribution in [0, 0.1) is 13.8 Å². The van der Waals surface area contributed by atoms with Gasteiger partial charge in [0.2, 0.25) is 5.28 Å². The van der Waals surface area contributed by atoms with Crippen molar-refractivity contribution in [1.82, 2.24) is 14.9 Å². The van der Waals surface area contributed by atoms with E-state index in [-0.39, 0.29) is 11.2 Å². The Kier molecular flexibility index (Phi) is 5.16. The van der Waals surface area contributed by atoms with E-state index in [4.69, 9.17) is 16.0 Å². The van der Waals surface area contributed by atoms with Crippen LogP contribution in [0.4, 0.5) is 5.82 Å². The predicted octanol–water partition coefficient (Wildman–Crippen LogP) is 5.18. The summed E-state index contributed by atoms with van der Waals surface area (Å²) in [5.74, 6) is 1.12. The van der Waals surface area contributed by atoms with Crippen molar-refractivity contribution in [3.8, 4) is 11.1 Å². The molecule has 4 heterocycles. The third kappa shape index (κ3) is 3.68. The molecule has 3 aromatic heterocycles. The van der Waals surface area contributed by atoms with Gasteiger partial charge in [-0.2, -0.15) is 4.98 Å². The fraction of sp³-hybridized carbons (Fsp3) is 0.261. The first kappa shape index (κ1) is 20.0. The maximum Gasteiger partial charge on any atom is 0.289 e. The maximum atomic E-state index is 12.6. The van der Waals surface area contributed by atoms with Gasteiger partial charge in [-0.1, -0.05) is 18.2 Å². The number of thiophene rings is 1. The van der Waals surface area contributed by atoms with Crippen molar-refractivity contribution >= 4 is 44.9 Å². The number of aromatic nitrogens is 2. The number of amides is 1. The minimum absolute atomic E-state index is 0.0816. The summed E-state index contributed by atoms with van der Waals surface area (Å²) in [6, 6.07) is 9.92. The van der Waals surface area contributed by atoms with E-state index < -0.39 is 0 Å². The molecule has 1 aliphatic heterocycles. The molecule has 31 heavy (non-hydrogen) atoms. The van der Waals surface area contributed by atoms with Gasteiger partial charge in [-0.25, -0.2) is 4.98 Å². The largest absolute Gasteiger partial charge is 0.459 e. The average molecular weight is 453 g/mol. The summed E-state index contributed by atoms with van der Waals surface area (Å²) in [6.07, 6.45) is 1.52. The Hall–Kier alpha value is -2.90. The molecule has 0 saturated carbocycles. The Morgan fingerprint density at radius 1 is 1.10 bits per heavy atom. The number of aryl methyl sites for hydroxylation is 2. The summed E-state index contributed by atoms with van der Waals surface area (Å²) in [4.78, 5) is 26.5. The standard InChI is InChI=1S/C23H21ClN4O2S/c1-14-5-6-16(12-15(14)2)17-13-31-21-19(17)20(25-23(24)26-21)27-7-9-28(10-8-27)22(29)18-4-3-11-30-18/h3-6,11-13H,7-10H2,1-2H3. The Balaban J connectivity index is 1.48. The van der Waals surface area contributed by atoms with E-state index in [0.717, 1.165) is 27.2 Å². The van der Waals surface area contributed by atoms with Gasteiger partial charge >= 0.3 is 0 Å². The molecular weight excluding hydrogens is 432 g/mol. The molecule has 0 radical (unpaired) electrons. The quantitative estimate of drug-likeness (QED) is 0.400. The molecule has 1 fully saturated rings. The number of piperazine rings is 1. The highest BCUT2D eigenvalue weighted by Crippen LogP contribution is 2.39. The van der Waals surface area contributed by atoms with E-state index in [1.807, 2.05) is 4.90 Å². The van der Waals surface area contributed by atoms with Gasteiger partial charge in [0.25, 0.3) is 5.91 Å². The van der Waals surface area contributed by atoms with E-state index in [1.165, 1.54) is 17.4 Å². The summed E-state index contributed by atoms with van der Waals surface area (Å²) >= 11 is 7.85. The van der Waals surface area contributed by atoms with Gasteiger partial charge in [0.1, 0.15) is 10.6 Å². The number of furan rings is 1. The number of nitrogens with zero attached hydrogens (tertiary/aromatic N) is 4. The van der Waals surface area contributed by atoms with Crippen LogP contribution in [0.5, 0.6) is 0 Å². The van der Waals surface area contributed by atoms with Crippen LogP contribution in [0.2, 0.25) is 5.28 Å². The molecule has 6 nitrogen and oxygen atoms in total. The van der Waals surface area contributed by atoms with Crippen molar-refractivity contribution in [3.63, 3.8) is 0 Å². The highest BCUT2D eigenvalue weighted by molar-refractivity contribution is 7.17. The molecule has 1 amide bonds. The van der Waals surface area contributed by atoms with Gasteiger partial charge in [-0.15, -0.1) is 11.3 Å². The number of carbonyl (C=O) groups is 1. The molecule has 1 saturated heterocycles. The number of carbonyl (C=O) groups excluding carboxylic acids is 1. The first-order chi connectivity index (χ1) is 15.0. The number of anilines is 1. The molecule has 0 spiro atoms. The van der Waals surface area contributed by atoms with Gasteiger partial charge in [-0.3, -0.25) is 4.79 Å². The number of fused-ring (bicyclic) bond motifs is 1. The number of benzene rings is 1. The Morgan fingerprint density at radius 2 is 1.90 bits per heavy atom. The molecule has 0 N–H and O–H groups in total. The van der Waals surface area contributed by atoms with Gasteiger partial charge in [0, 0.05) is 37.1 Å². The zero-order chi connectivity index (χ0) is 21.5. The van der Waals surface area contributed by atoms with Crippen LogP contribution in [-0.2, 0) is 0 Å². The smallest absolute Gasteiger partial charge is 0.289 e. The second kappa shape index (κ2) is 7.98. The van der Waals surface area contributed by atoms with Crippen molar-refractivity contribution in [2.24, 2.45) is 0 Å². The number of hydrogen-bond acceptors (Lipinski definition) is 6. The zero-order valence-corrected chi connectivity index (χ0v) is 18.8. The predicted molar refractivity (Wildman–Crippen MR) is 124 cm³/mol. The summed E-state index contributed by atoms with van der Waals surface area (Å²) in [6.45, 7) is 6.74. The second-order valence-corrected chi connectivity index (χ2v) is 8.90. The van der Waals surface area contributed by atoms with Crippen molar-refractivity contribution in [2.45, 2.75) is 13.8 Å².